The molecular formula is C15H15IN4O3. The SMILES string of the molecule is Cc1cnn(CC2CC2)c1NC(=O)c1cc([N+](=O)[O-])ccc1I. The summed E-state index contributed by atoms with van der Waals surface area (Å²) in [6.07, 6.45) is 4.10. The van der Waals surface area contributed by atoms with Gasteiger partial charge in [0.15, 0.2) is 0 Å². The minimum Gasteiger partial charge on any atom is -0.307 e. The highest BCUT2D eigenvalue weighted by Crippen LogP contribution is 2.32. The van der Waals surface area contributed by atoms with Crippen LogP contribution in [-0.4, -0.2) is 20.6 Å². The molecule has 0 bridgehead atoms. The van der Waals surface area contributed by atoms with Gasteiger partial charge in [0.25, 0.3) is 11.6 Å². The molecule has 120 valence electrons. The summed E-state index contributed by atoms with van der Waals surface area (Å²) in [7, 11) is 0. The van der Waals surface area contributed by atoms with Crippen LogP contribution in [0.25, 0.3) is 0 Å². The van der Waals surface area contributed by atoms with Crippen molar-refractivity contribution in [3.8, 4) is 0 Å². The highest BCUT2D eigenvalue weighted by Gasteiger charge is 2.24. The number of aryl methyl sites for hydroxylation is 1. The summed E-state index contributed by atoms with van der Waals surface area (Å²) in [6.45, 7) is 2.67. The number of nitrogens with one attached hydrogen (secondary N) is 1. The maximum atomic E-state index is 12.5. The molecule has 8 heteroatoms. The molecule has 1 saturated carbocycles. The molecule has 7 nitrogen and oxygen atoms in total. The van der Waals surface area contributed by atoms with Crippen molar-refractivity contribution in [1.82, 2.24) is 9.78 Å². The number of aromatic nitrogens is 2. The molecule has 0 spiro atoms. The predicted octanol–water partition coefficient (Wildman–Crippen LogP) is 3.37. The number of hydrogen-bond acceptors (Lipinski definition) is 4. The van der Waals surface area contributed by atoms with Crippen LogP contribution in [0.1, 0.15) is 28.8 Å². The van der Waals surface area contributed by atoms with Gasteiger partial charge in [-0.15, -0.1) is 0 Å². The standard InChI is InChI=1S/C15H15IN4O3/c1-9-7-17-19(8-10-2-3-10)14(9)18-15(21)12-6-11(20(22)23)4-5-13(12)16/h4-7,10H,2-3,8H2,1H3,(H,18,21). The molecule has 0 atom stereocenters. The van der Waals surface area contributed by atoms with Gasteiger partial charge >= 0.3 is 0 Å². The Hall–Kier alpha value is -1.97. The van der Waals surface area contributed by atoms with E-state index in [4.69, 9.17) is 0 Å². The summed E-state index contributed by atoms with van der Waals surface area (Å²) in [5.74, 6) is 0.922. The summed E-state index contributed by atoms with van der Waals surface area (Å²) < 4.78 is 2.46. The Bertz CT molecular complexity index is 783. The largest absolute Gasteiger partial charge is 0.307 e. The van der Waals surface area contributed by atoms with Crippen LogP contribution in [0, 0.1) is 26.5 Å². The zero-order chi connectivity index (χ0) is 16.6. The molecule has 1 amide bonds. The fourth-order valence-corrected chi connectivity index (χ4v) is 2.88. The van der Waals surface area contributed by atoms with Crippen molar-refractivity contribution < 1.29 is 9.72 Å². The Morgan fingerprint density at radius 1 is 1.52 bits per heavy atom. The van der Waals surface area contributed by atoms with E-state index in [-0.39, 0.29) is 11.6 Å². The quantitative estimate of drug-likeness (QED) is 0.451. The lowest BCUT2D eigenvalue weighted by molar-refractivity contribution is -0.384. The van der Waals surface area contributed by atoms with Crippen molar-refractivity contribution in [2.24, 2.45) is 5.92 Å². The third-order valence-electron chi connectivity index (χ3n) is 3.79. The number of carbonyl (C=O) groups excluding carboxylic acids is 1. The number of non-ortho nitro benzene ring substituents is 1. The molecule has 1 aliphatic rings. The van der Waals surface area contributed by atoms with Crippen molar-refractivity contribution in [1.29, 1.82) is 0 Å². The number of anilines is 1. The van der Waals surface area contributed by atoms with E-state index < -0.39 is 4.92 Å². The van der Waals surface area contributed by atoms with Crippen LogP contribution in [0.2, 0.25) is 0 Å². The Labute approximate surface area is 146 Å². The topological polar surface area (TPSA) is 90.1 Å². The molecule has 1 aromatic heterocycles. The number of nitrogens with zero attached hydrogens (tertiary/aromatic N) is 3. The summed E-state index contributed by atoms with van der Waals surface area (Å²) in [6, 6.07) is 4.26. The zero-order valence-electron chi connectivity index (χ0n) is 12.5. The molecular weight excluding hydrogens is 411 g/mol. The number of rotatable bonds is 5. The smallest absolute Gasteiger partial charge is 0.270 e. The summed E-state index contributed by atoms with van der Waals surface area (Å²) in [5, 5.41) is 18.0. The van der Waals surface area contributed by atoms with Crippen molar-refractivity contribution in [2.75, 3.05) is 5.32 Å². The normalized spacial score (nSPS) is 13.8. The molecule has 1 aromatic carbocycles. The molecule has 23 heavy (non-hydrogen) atoms. The van der Waals surface area contributed by atoms with Gasteiger partial charge in [-0.05, 0) is 54.3 Å². The highest BCUT2D eigenvalue weighted by molar-refractivity contribution is 14.1. The molecule has 0 unspecified atom stereocenters. The van der Waals surface area contributed by atoms with E-state index >= 15 is 0 Å². The van der Waals surface area contributed by atoms with Crippen LogP contribution < -0.4 is 5.32 Å². The predicted molar refractivity (Wildman–Crippen MR) is 93.5 cm³/mol. The molecule has 2 aromatic rings. The van der Waals surface area contributed by atoms with Crippen molar-refractivity contribution in [3.05, 3.63) is 49.2 Å². The first kappa shape index (κ1) is 15.9. The van der Waals surface area contributed by atoms with Crippen LogP contribution in [0.15, 0.2) is 24.4 Å². The van der Waals surface area contributed by atoms with Crippen LogP contribution >= 0.6 is 22.6 Å². The van der Waals surface area contributed by atoms with Gasteiger partial charge in [-0.1, -0.05) is 0 Å². The van der Waals surface area contributed by atoms with E-state index in [0.717, 1.165) is 12.1 Å². The number of benzene rings is 1. The number of carbonyl (C=O) groups is 1. The van der Waals surface area contributed by atoms with Crippen LogP contribution in [0.4, 0.5) is 11.5 Å². The van der Waals surface area contributed by atoms with E-state index in [1.165, 1.54) is 25.0 Å². The molecule has 0 saturated heterocycles. The van der Waals surface area contributed by atoms with Gasteiger partial charge in [-0.3, -0.25) is 14.9 Å². The summed E-state index contributed by atoms with van der Waals surface area (Å²) in [4.78, 5) is 22.9. The minimum absolute atomic E-state index is 0.0984. The number of halogens is 1. The Kier molecular flexibility index (Phi) is 4.33. The second kappa shape index (κ2) is 6.26. The van der Waals surface area contributed by atoms with Crippen molar-refractivity contribution >= 4 is 40.0 Å². The van der Waals surface area contributed by atoms with Gasteiger partial charge in [0.05, 0.1) is 16.7 Å². The number of nitro benzene ring substituents is 1. The number of amides is 1. The van der Waals surface area contributed by atoms with Gasteiger partial charge < -0.3 is 5.32 Å². The van der Waals surface area contributed by atoms with E-state index in [2.05, 4.69) is 10.4 Å². The van der Waals surface area contributed by atoms with Gasteiger partial charge in [0.2, 0.25) is 0 Å². The lowest BCUT2D eigenvalue weighted by atomic mass is 10.2. The van der Waals surface area contributed by atoms with Gasteiger partial charge in [0.1, 0.15) is 5.82 Å². The monoisotopic (exact) mass is 426 g/mol. The van der Waals surface area contributed by atoms with Gasteiger partial charge in [0, 0.05) is 27.8 Å². The molecule has 1 N–H and O–H groups in total. The fraction of sp³-hybridized carbons (Fsp3) is 0.333. The first-order valence-corrected chi connectivity index (χ1v) is 8.31. The Morgan fingerprint density at radius 3 is 2.91 bits per heavy atom. The first-order chi connectivity index (χ1) is 11.0. The molecule has 0 radical (unpaired) electrons. The minimum atomic E-state index is -0.505. The van der Waals surface area contributed by atoms with Crippen LogP contribution in [0.3, 0.4) is 0 Å². The lowest BCUT2D eigenvalue weighted by Crippen LogP contribution is -2.18. The maximum Gasteiger partial charge on any atom is 0.270 e. The Balaban J connectivity index is 1.86. The second-order valence-corrected chi connectivity index (χ2v) is 6.84. The van der Waals surface area contributed by atoms with Crippen LogP contribution in [0.5, 0.6) is 0 Å². The summed E-state index contributed by atoms with van der Waals surface area (Å²) in [5.41, 5.74) is 1.07. The molecule has 3 rings (SSSR count). The molecule has 1 fully saturated rings. The Morgan fingerprint density at radius 2 is 2.26 bits per heavy atom. The van der Waals surface area contributed by atoms with E-state index in [1.807, 2.05) is 29.5 Å². The van der Waals surface area contributed by atoms with Gasteiger partial charge in [-0.25, -0.2) is 4.68 Å². The van der Waals surface area contributed by atoms with E-state index in [0.29, 0.717) is 20.9 Å². The van der Waals surface area contributed by atoms with E-state index in [9.17, 15) is 14.9 Å². The summed E-state index contributed by atoms with van der Waals surface area (Å²) >= 11 is 2.00. The van der Waals surface area contributed by atoms with Gasteiger partial charge in [-0.2, -0.15) is 5.10 Å². The maximum absolute atomic E-state index is 12.5. The number of nitro groups is 1. The molecule has 0 aliphatic heterocycles. The fourth-order valence-electron chi connectivity index (χ4n) is 2.30. The second-order valence-electron chi connectivity index (χ2n) is 5.68. The van der Waals surface area contributed by atoms with Crippen molar-refractivity contribution in [3.63, 3.8) is 0 Å². The average molecular weight is 426 g/mol. The highest BCUT2D eigenvalue weighted by atomic mass is 127. The molecule has 1 aliphatic carbocycles. The lowest BCUT2D eigenvalue weighted by Gasteiger charge is -2.10. The third-order valence-corrected chi connectivity index (χ3v) is 4.73. The van der Waals surface area contributed by atoms with E-state index in [1.54, 1.807) is 16.9 Å². The first-order valence-electron chi connectivity index (χ1n) is 7.23. The third kappa shape index (κ3) is 3.52. The van der Waals surface area contributed by atoms with Crippen LogP contribution in [-0.2, 0) is 6.54 Å². The average Bonchev–Trinajstić information content (AvgIpc) is 3.26. The molecule has 1 heterocycles. The number of hydrogen-bond donors (Lipinski definition) is 1. The van der Waals surface area contributed by atoms with Crippen molar-refractivity contribution in [2.45, 2.75) is 26.3 Å². The zero-order valence-corrected chi connectivity index (χ0v) is 14.6.